The van der Waals surface area contributed by atoms with E-state index in [2.05, 4.69) is 9.97 Å². The van der Waals surface area contributed by atoms with Crippen molar-refractivity contribution >= 4 is 48.1 Å². The van der Waals surface area contributed by atoms with Crippen molar-refractivity contribution in [1.29, 1.82) is 0 Å². The van der Waals surface area contributed by atoms with Crippen LogP contribution in [0.4, 0.5) is 10.2 Å². The summed E-state index contributed by atoms with van der Waals surface area (Å²) in [6.45, 7) is 2.21. The van der Waals surface area contributed by atoms with Crippen LogP contribution in [0.25, 0.3) is 0 Å². The van der Waals surface area contributed by atoms with E-state index in [1.54, 1.807) is 23.1 Å². The van der Waals surface area contributed by atoms with Gasteiger partial charge in [0.25, 0.3) is 0 Å². The summed E-state index contributed by atoms with van der Waals surface area (Å²) >= 11 is 5.86. The largest absolute Gasteiger partial charge is 0.353 e. The number of anilines is 1. The maximum absolute atomic E-state index is 13.1. The number of amides is 1. The summed E-state index contributed by atoms with van der Waals surface area (Å²) in [5.41, 5.74) is 7.05. The third-order valence-electron chi connectivity index (χ3n) is 4.21. The zero-order chi connectivity index (χ0) is 17.8. The summed E-state index contributed by atoms with van der Waals surface area (Å²) in [6, 6.07) is 8.38. The average molecular weight is 437 g/mol. The number of benzene rings is 1. The van der Waals surface area contributed by atoms with Gasteiger partial charge in [-0.2, -0.15) is 9.37 Å². The van der Waals surface area contributed by atoms with Crippen molar-refractivity contribution in [2.75, 3.05) is 31.1 Å². The lowest BCUT2D eigenvalue weighted by Gasteiger charge is -2.36. The van der Waals surface area contributed by atoms with Gasteiger partial charge in [0.2, 0.25) is 5.91 Å². The highest BCUT2D eigenvalue weighted by molar-refractivity contribution is 6.30. The van der Waals surface area contributed by atoms with Crippen LogP contribution in [-0.2, 0) is 11.2 Å². The molecular weight excluding hydrogens is 416 g/mol. The van der Waals surface area contributed by atoms with E-state index in [0.717, 1.165) is 5.56 Å². The predicted molar refractivity (Wildman–Crippen MR) is 108 cm³/mol. The number of nitrogens with zero attached hydrogens (tertiary/aromatic N) is 4. The Balaban J connectivity index is 0.00000182. The lowest BCUT2D eigenvalue weighted by molar-refractivity contribution is -0.132. The second-order valence-electron chi connectivity index (χ2n) is 5.93. The van der Waals surface area contributed by atoms with Crippen LogP contribution >= 0.6 is 36.4 Å². The zero-order valence-corrected chi connectivity index (χ0v) is 16.8. The fraction of sp³-hybridized carbons (Fsp3) is 0.353. The Morgan fingerprint density at radius 1 is 1.15 bits per heavy atom. The van der Waals surface area contributed by atoms with Gasteiger partial charge in [0, 0.05) is 37.4 Å². The van der Waals surface area contributed by atoms with E-state index in [9.17, 15) is 9.18 Å². The summed E-state index contributed by atoms with van der Waals surface area (Å²) in [5, 5.41) is 0.654. The van der Waals surface area contributed by atoms with Crippen molar-refractivity contribution < 1.29 is 9.18 Å². The van der Waals surface area contributed by atoms with Crippen molar-refractivity contribution in [3.8, 4) is 0 Å². The van der Waals surface area contributed by atoms with Crippen molar-refractivity contribution in [1.82, 2.24) is 14.9 Å². The molecule has 1 saturated heterocycles. The third kappa shape index (κ3) is 6.17. The first-order valence-electron chi connectivity index (χ1n) is 8.05. The van der Waals surface area contributed by atoms with Gasteiger partial charge in [0.1, 0.15) is 5.82 Å². The smallest absolute Gasteiger partial charge is 0.310 e. The molecule has 27 heavy (non-hydrogen) atoms. The number of carbonyl (C=O) groups is 1. The molecule has 1 amide bonds. The van der Waals surface area contributed by atoms with Crippen LogP contribution in [0.1, 0.15) is 5.56 Å². The number of hydrogen-bond donors (Lipinski definition) is 1. The minimum atomic E-state index is -0.749. The quantitative estimate of drug-likeness (QED) is 0.745. The van der Waals surface area contributed by atoms with Gasteiger partial charge in [-0.25, -0.2) is 4.98 Å². The van der Waals surface area contributed by atoms with Gasteiger partial charge < -0.3 is 15.5 Å². The SMILES string of the molecule is Cl.Cl.N[C@H](Cc1ccc(Cl)cc1)C(=O)N1CCN(c2ccnc(F)n2)CC1. The normalized spacial score (nSPS) is 14.8. The Kier molecular flexibility index (Phi) is 9.18. The fourth-order valence-corrected chi connectivity index (χ4v) is 2.98. The first-order valence-corrected chi connectivity index (χ1v) is 8.43. The highest BCUT2D eigenvalue weighted by Gasteiger charge is 2.26. The number of aromatic nitrogens is 2. The second-order valence-corrected chi connectivity index (χ2v) is 6.37. The van der Waals surface area contributed by atoms with E-state index < -0.39 is 12.1 Å². The molecule has 1 aromatic heterocycles. The van der Waals surface area contributed by atoms with Crippen LogP contribution in [-0.4, -0.2) is 53.0 Å². The molecule has 1 aliphatic rings. The molecular formula is C17H21Cl3FN5O. The van der Waals surface area contributed by atoms with E-state index in [1.165, 1.54) is 6.20 Å². The minimum Gasteiger partial charge on any atom is -0.353 e. The summed E-state index contributed by atoms with van der Waals surface area (Å²) in [4.78, 5) is 23.4. The number of carbonyl (C=O) groups excluding carboxylic acids is 1. The maximum Gasteiger partial charge on any atom is 0.310 e. The molecule has 0 bridgehead atoms. The van der Waals surface area contributed by atoms with Crippen molar-refractivity contribution in [3.63, 3.8) is 0 Å². The monoisotopic (exact) mass is 435 g/mol. The average Bonchev–Trinajstić information content (AvgIpc) is 2.63. The predicted octanol–water partition coefficient (Wildman–Crippen LogP) is 2.33. The van der Waals surface area contributed by atoms with Crippen molar-refractivity contribution in [3.05, 3.63) is 53.2 Å². The Morgan fingerprint density at radius 3 is 2.37 bits per heavy atom. The van der Waals surface area contributed by atoms with Gasteiger partial charge in [0.15, 0.2) is 0 Å². The lowest BCUT2D eigenvalue weighted by Crippen LogP contribution is -2.53. The van der Waals surface area contributed by atoms with E-state index in [4.69, 9.17) is 17.3 Å². The number of halogens is 4. The lowest BCUT2D eigenvalue weighted by atomic mass is 10.1. The number of piperazine rings is 1. The first-order chi connectivity index (χ1) is 12.0. The molecule has 6 nitrogen and oxygen atoms in total. The van der Waals surface area contributed by atoms with E-state index in [1.807, 2.05) is 17.0 Å². The summed E-state index contributed by atoms with van der Waals surface area (Å²) < 4.78 is 13.1. The molecule has 1 aliphatic heterocycles. The van der Waals surface area contributed by atoms with E-state index >= 15 is 0 Å². The van der Waals surface area contributed by atoms with Crippen LogP contribution < -0.4 is 10.6 Å². The molecule has 0 unspecified atom stereocenters. The second kappa shape index (κ2) is 10.6. The Hall–Kier alpha value is -1.67. The third-order valence-corrected chi connectivity index (χ3v) is 4.46. The molecule has 2 N–H and O–H groups in total. The zero-order valence-electron chi connectivity index (χ0n) is 14.4. The minimum absolute atomic E-state index is 0. The molecule has 1 fully saturated rings. The molecule has 0 spiro atoms. The summed E-state index contributed by atoms with van der Waals surface area (Å²) in [7, 11) is 0. The van der Waals surface area contributed by atoms with Gasteiger partial charge >= 0.3 is 6.08 Å². The molecule has 0 aliphatic carbocycles. The number of hydrogen-bond acceptors (Lipinski definition) is 5. The van der Waals surface area contributed by atoms with Crippen LogP contribution in [0, 0.1) is 6.08 Å². The first kappa shape index (κ1) is 23.4. The Labute approximate surface area is 174 Å². The molecule has 1 aromatic carbocycles. The van der Waals surface area contributed by atoms with Crippen molar-refractivity contribution in [2.24, 2.45) is 5.73 Å². The van der Waals surface area contributed by atoms with Gasteiger partial charge in [-0.1, -0.05) is 23.7 Å². The van der Waals surface area contributed by atoms with Gasteiger partial charge in [-0.3, -0.25) is 4.79 Å². The summed E-state index contributed by atoms with van der Waals surface area (Å²) in [5.74, 6) is 0.452. The maximum atomic E-state index is 13.1. The van der Waals surface area contributed by atoms with Gasteiger partial charge in [-0.05, 0) is 30.2 Å². The molecule has 2 heterocycles. The molecule has 1 atom stereocenters. The summed E-state index contributed by atoms with van der Waals surface area (Å²) in [6.07, 6.45) is 1.10. The molecule has 148 valence electrons. The number of rotatable bonds is 4. The van der Waals surface area contributed by atoms with Gasteiger partial charge in [-0.15, -0.1) is 24.8 Å². The Morgan fingerprint density at radius 2 is 1.78 bits per heavy atom. The topological polar surface area (TPSA) is 75.4 Å². The fourth-order valence-electron chi connectivity index (χ4n) is 2.85. The molecule has 3 rings (SSSR count). The van der Waals surface area contributed by atoms with Crippen LogP contribution in [0.3, 0.4) is 0 Å². The van der Waals surface area contributed by atoms with Crippen LogP contribution in [0.5, 0.6) is 0 Å². The van der Waals surface area contributed by atoms with Crippen molar-refractivity contribution in [2.45, 2.75) is 12.5 Å². The standard InChI is InChI=1S/C17H19ClFN5O.2ClH/c18-13-3-1-12(2-4-13)11-14(20)16(25)24-9-7-23(8-10-24)15-5-6-21-17(19)22-15;;/h1-6,14H,7-11,20H2;2*1H/t14-;;/m1../s1. The van der Waals surface area contributed by atoms with Crippen LogP contribution in [0.2, 0.25) is 5.02 Å². The molecule has 0 radical (unpaired) electrons. The molecule has 0 saturated carbocycles. The number of nitrogens with two attached hydrogens (primary N) is 1. The highest BCUT2D eigenvalue weighted by Crippen LogP contribution is 2.15. The van der Waals surface area contributed by atoms with E-state index in [-0.39, 0.29) is 30.7 Å². The van der Waals surface area contributed by atoms with Crippen LogP contribution in [0.15, 0.2) is 36.5 Å². The molecule has 10 heteroatoms. The molecule has 2 aromatic rings. The highest BCUT2D eigenvalue weighted by atomic mass is 35.5. The Bertz CT molecular complexity index is 742. The van der Waals surface area contributed by atoms with E-state index in [0.29, 0.717) is 43.4 Å². The van der Waals surface area contributed by atoms with Gasteiger partial charge in [0.05, 0.1) is 6.04 Å².